The fourth-order valence-electron chi connectivity index (χ4n) is 2.14. The van der Waals surface area contributed by atoms with E-state index in [0.717, 1.165) is 13.0 Å². The average Bonchev–Trinajstić information content (AvgIpc) is 2.23. The molecule has 0 aromatic heterocycles. The Morgan fingerprint density at radius 3 is 2.75 bits per heavy atom. The molecule has 1 heterocycles. The SMILES string of the molecule is CC1C(N)CCN(CCOCC(F)F)C1C. The number of halogens is 2. The molecule has 1 fully saturated rings. The fraction of sp³-hybridized carbons (Fsp3) is 1.00. The summed E-state index contributed by atoms with van der Waals surface area (Å²) in [5.41, 5.74) is 5.97. The molecule has 96 valence electrons. The van der Waals surface area contributed by atoms with Crippen LogP contribution in [0, 0.1) is 5.92 Å². The van der Waals surface area contributed by atoms with Crippen molar-refractivity contribution in [3.05, 3.63) is 0 Å². The first-order chi connectivity index (χ1) is 7.52. The maximum absolute atomic E-state index is 11.8. The largest absolute Gasteiger partial charge is 0.374 e. The third kappa shape index (κ3) is 3.96. The molecule has 0 aromatic rings. The molecule has 0 aromatic carbocycles. The molecule has 0 bridgehead atoms. The van der Waals surface area contributed by atoms with E-state index in [1.165, 1.54) is 0 Å². The number of hydrogen-bond donors (Lipinski definition) is 1. The zero-order valence-electron chi connectivity index (χ0n) is 10.0. The molecular weight excluding hydrogens is 214 g/mol. The molecule has 0 aliphatic carbocycles. The number of piperidine rings is 1. The minimum atomic E-state index is -2.37. The Kier molecular flexibility index (Phi) is 5.58. The highest BCUT2D eigenvalue weighted by molar-refractivity contribution is 4.86. The van der Waals surface area contributed by atoms with E-state index in [1.54, 1.807) is 0 Å². The summed E-state index contributed by atoms with van der Waals surface area (Å²) < 4.78 is 28.6. The summed E-state index contributed by atoms with van der Waals surface area (Å²) in [7, 11) is 0. The lowest BCUT2D eigenvalue weighted by Crippen LogP contribution is -2.52. The number of nitrogens with two attached hydrogens (primary N) is 1. The summed E-state index contributed by atoms with van der Waals surface area (Å²) in [5.74, 6) is 0.448. The molecule has 1 aliphatic heterocycles. The number of ether oxygens (including phenoxy) is 1. The van der Waals surface area contributed by atoms with Crippen LogP contribution in [0.4, 0.5) is 8.78 Å². The van der Waals surface area contributed by atoms with E-state index in [4.69, 9.17) is 10.5 Å². The van der Waals surface area contributed by atoms with Gasteiger partial charge in [0.05, 0.1) is 6.61 Å². The van der Waals surface area contributed by atoms with Gasteiger partial charge in [-0.2, -0.15) is 0 Å². The second kappa shape index (κ2) is 6.47. The van der Waals surface area contributed by atoms with Crippen molar-refractivity contribution in [1.29, 1.82) is 0 Å². The molecule has 3 atom stereocenters. The Hall–Kier alpha value is -0.260. The van der Waals surface area contributed by atoms with Crippen molar-refractivity contribution in [2.75, 3.05) is 26.3 Å². The smallest absolute Gasteiger partial charge is 0.261 e. The first-order valence-electron chi connectivity index (χ1n) is 5.88. The van der Waals surface area contributed by atoms with Crippen LogP contribution in [0.5, 0.6) is 0 Å². The van der Waals surface area contributed by atoms with E-state index in [-0.39, 0.29) is 6.04 Å². The van der Waals surface area contributed by atoms with E-state index in [0.29, 0.717) is 25.1 Å². The van der Waals surface area contributed by atoms with Crippen molar-refractivity contribution < 1.29 is 13.5 Å². The fourth-order valence-corrected chi connectivity index (χ4v) is 2.14. The highest BCUT2D eigenvalue weighted by atomic mass is 19.3. The van der Waals surface area contributed by atoms with Crippen molar-refractivity contribution in [3.8, 4) is 0 Å². The normalized spacial score (nSPS) is 32.2. The second-order valence-electron chi connectivity index (χ2n) is 4.55. The summed E-state index contributed by atoms with van der Waals surface area (Å²) in [5, 5.41) is 0. The van der Waals surface area contributed by atoms with Gasteiger partial charge in [0.25, 0.3) is 6.43 Å². The number of likely N-dealkylation sites (tertiary alicyclic amines) is 1. The van der Waals surface area contributed by atoms with E-state index in [1.807, 2.05) is 0 Å². The quantitative estimate of drug-likeness (QED) is 0.732. The summed E-state index contributed by atoms with van der Waals surface area (Å²) >= 11 is 0. The van der Waals surface area contributed by atoms with Crippen LogP contribution in [0.15, 0.2) is 0 Å². The van der Waals surface area contributed by atoms with E-state index in [9.17, 15) is 8.78 Å². The van der Waals surface area contributed by atoms with Crippen LogP contribution in [-0.4, -0.2) is 49.7 Å². The summed E-state index contributed by atoms with van der Waals surface area (Å²) in [4.78, 5) is 2.26. The van der Waals surface area contributed by atoms with Crippen LogP contribution in [0.1, 0.15) is 20.3 Å². The van der Waals surface area contributed by atoms with Gasteiger partial charge in [-0.15, -0.1) is 0 Å². The zero-order chi connectivity index (χ0) is 12.1. The second-order valence-corrected chi connectivity index (χ2v) is 4.55. The van der Waals surface area contributed by atoms with Gasteiger partial charge in [0.2, 0.25) is 0 Å². The van der Waals surface area contributed by atoms with Gasteiger partial charge in [0.1, 0.15) is 6.61 Å². The van der Waals surface area contributed by atoms with Crippen LogP contribution in [0.2, 0.25) is 0 Å². The van der Waals surface area contributed by atoms with Gasteiger partial charge in [0.15, 0.2) is 0 Å². The first-order valence-corrected chi connectivity index (χ1v) is 5.88. The highest BCUT2D eigenvalue weighted by Gasteiger charge is 2.29. The summed E-state index contributed by atoms with van der Waals surface area (Å²) in [6, 6.07) is 0.659. The van der Waals surface area contributed by atoms with Crippen molar-refractivity contribution in [1.82, 2.24) is 4.90 Å². The minimum absolute atomic E-state index is 0.258. The Morgan fingerprint density at radius 2 is 2.12 bits per heavy atom. The number of nitrogens with zero attached hydrogens (tertiary/aromatic N) is 1. The van der Waals surface area contributed by atoms with Gasteiger partial charge in [-0.25, -0.2) is 8.78 Å². The predicted octanol–water partition coefficient (Wildman–Crippen LogP) is 1.33. The summed E-state index contributed by atoms with van der Waals surface area (Å²) in [6.45, 7) is 5.84. The molecule has 3 nitrogen and oxygen atoms in total. The van der Waals surface area contributed by atoms with Crippen molar-refractivity contribution in [2.24, 2.45) is 11.7 Å². The molecule has 5 heteroatoms. The average molecular weight is 236 g/mol. The van der Waals surface area contributed by atoms with Crippen LogP contribution in [-0.2, 0) is 4.74 Å². The van der Waals surface area contributed by atoms with Gasteiger partial charge >= 0.3 is 0 Å². The first kappa shape index (κ1) is 13.8. The molecule has 16 heavy (non-hydrogen) atoms. The minimum Gasteiger partial charge on any atom is -0.374 e. The Bertz CT molecular complexity index is 204. The van der Waals surface area contributed by atoms with Gasteiger partial charge in [-0.3, -0.25) is 4.90 Å². The summed E-state index contributed by atoms with van der Waals surface area (Å²) in [6.07, 6.45) is -1.40. The van der Waals surface area contributed by atoms with Crippen molar-refractivity contribution in [2.45, 2.75) is 38.8 Å². The van der Waals surface area contributed by atoms with E-state index in [2.05, 4.69) is 18.7 Å². The van der Waals surface area contributed by atoms with E-state index < -0.39 is 13.0 Å². The van der Waals surface area contributed by atoms with E-state index >= 15 is 0 Å². The Balaban J connectivity index is 2.21. The lowest BCUT2D eigenvalue weighted by Gasteiger charge is -2.41. The maximum Gasteiger partial charge on any atom is 0.261 e. The molecule has 0 saturated carbocycles. The lowest BCUT2D eigenvalue weighted by atomic mass is 9.88. The Labute approximate surface area is 95.9 Å². The van der Waals surface area contributed by atoms with Crippen molar-refractivity contribution in [3.63, 3.8) is 0 Å². The lowest BCUT2D eigenvalue weighted by molar-refractivity contribution is -0.00203. The Morgan fingerprint density at radius 1 is 1.44 bits per heavy atom. The molecule has 1 rings (SSSR count). The predicted molar refractivity (Wildman–Crippen MR) is 59.6 cm³/mol. The van der Waals surface area contributed by atoms with Gasteiger partial charge in [-0.1, -0.05) is 6.92 Å². The number of hydrogen-bond acceptors (Lipinski definition) is 3. The maximum atomic E-state index is 11.8. The molecule has 2 N–H and O–H groups in total. The topological polar surface area (TPSA) is 38.5 Å². The van der Waals surface area contributed by atoms with Crippen LogP contribution >= 0.6 is 0 Å². The molecule has 3 unspecified atom stereocenters. The zero-order valence-corrected chi connectivity index (χ0v) is 10.0. The third-order valence-corrected chi connectivity index (χ3v) is 3.53. The van der Waals surface area contributed by atoms with Gasteiger partial charge < -0.3 is 10.5 Å². The highest BCUT2D eigenvalue weighted by Crippen LogP contribution is 2.21. The molecule has 0 radical (unpaired) electrons. The standard InChI is InChI=1S/C11H22F2N2O/c1-8-9(2)15(4-3-10(8)14)5-6-16-7-11(12)13/h8-11H,3-7,14H2,1-2H3. The monoisotopic (exact) mass is 236 g/mol. The third-order valence-electron chi connectivity index (χ3n) is 3.53. The number of rotatable bonds is 5. The van der Waals surface area contributed by atoms with Gasteiger partial charge in [-0.05, 0) is 19.3 Å². The van der Waals surface area contributed by atoms with Crippen LogP contribution in [0.3, 0.4) is 0 Å². The molecule has 0 spiro atoms. The molecule has 0 amide bonds. The number of alkyl halides is 2. The molecular formula is C11H22F2N2O. The molecule has 1 saturated heterocycles. The van der Waals surface area contributed by atoms with Gasteiger partial charge in [0, 0.05) is 25.2 Å². The molecule has 1 aliphatic rings. The van der Waals surface area contributed by atoms with Crippen LogP contribution < -0.4 is 5.73 Å². The van der Waals surface area contributed by atoms with Crippen LogP contribution in [0.25, 0.3) is 0 Å². The van der Waals surface area contributed by atoms with Crippen molar-refractivity contribution >= 4 is 0 Å².